The number of amides is 2. The molecule has 0 saturated heterocycles. The molecule has 0 unspecified atom stereocenters. The monoisotopic (exact) mass is 428 g/mol. The Morgan fingerprint density at radius 1 is 0.938 bits per heavy atom. The molecular weight excluding hydrogens is 403 g/mol. The molecule has 0 spiro atoms. The molecule has 0 aliphatic heterocycles. The predicted molar refractivity (Wildman–Crippen MR) is 120 cm³/mol. The maximum atomic E-state index is 15.0. The maximum absolute atomic E-state index is 15.0. The summed E-state index contributed by atoms with van der Waals surface area (Å²) in [5, 5.41) is 0. The van der Waals surface area contributed by atoms with Crippen molar-refractivity contribution in [3.8, 4) is 0 Å². The molecule has 1 fully saturated rings. The van der Waals surface area contributed by atoms with E-state index in [2.05, 4.69) is 0 Å². The van der Waals surface area contributed by atoms with Crippen molar-refractivity contribution in [3.05, 3.63) is 106 Å². The minimum Gasteiger partial charge on any atom is -0.368 e. The number of hydrogen-bond donors (Lipinski definition) is 1. The van der Waals surface area contributed by atoms with Gasteiger partial charge in [0.15, 0.2) is 0 Å². The second kappa shape index (κ2) is 8.23. The molecule has 3 aromatic carbocycles. The summed E-state index contributed by atoms with van der Waals surface area (Å²) >= 11 is 0. The number of hydrogen-bond acceptors (Lipinski definition) is 2. The average Bonchev–Trinajstić information content (AvgIpc) is 3.58. The van der Waals surface area contributed by atoms with Crippen molar-refractivity contribution in [3.63, 3.8) is 0 Å². The fourth-order valence-electron chi connectivity index (χ4n) is 4.88. The lowest BCUT2D eigenvalue weighted by molar-refractivity contribution is -0.123. The van der Waals surface area contributed by atoms with Crippen LogP contribution in [0.15, 0.2) is 72.8 Å². The van der Waals surface area contributed by atoms with Crippen molar-refractivity contribution in [2.75, 3.05) is 0 Å². The van der Waals surface area contributed by atoms with Gasteiger partial charge in [0.2, 0.25) is 5.91 Å². The molecule has 1 saturated carbocycles. The average molecular weight is 429 g/mol. The molecule has 4 nitrogen and oxygen atoms in total. The molecule has 32 heavy (non-hydrogen) atoms. The van der Waals surface area contributed by atoms with E-state index in [1.54, 1.807) is 47.4 Å². The van der Waals surface area contributed by atoms with Crippen molar-refractivity contribution in [1.82, 2.24) is 4.90 Å². The zero-order valence-electron chi connectivity index (χ0n) is 17.7. The van der Waals surface area contributed by atoms with Crippen LogP contribution in [0.1, 0.15) is 69.9 Å². The zero-order chi connectivity index (χ0) is 22.2. The van der Waals surface area contributed by atoms with Crippen LogP contribution in [0.5, 0.6) is 0 Å². The van der Waals surface area contributed by atoms with Gasteiger partial charge in [-0.3, -0.25) is 9.59 Å². The Morgan fingerprint density at radius 2 is 1.59 bits per heavy atom. The molecule has 0 radical (unpaired) electrons. The van der Waals surface area contributed by atoms with E-state index >= 15 is 0 Å². The highest BCUT2D eigenvalue weighted by Gasteiger charge is 2.41. The van der Waals surface area contributed by atoms with E-state index in [0.717, 1.165) is 24.0 Å². The molecule has 2 aliphatic rings. The summed E-state index contributed by atoms with van der Waals surface area (Å²) in [4.78, 5) is 28.1. The van der Waals surface area contributed by atoms with Crippen molar-refractivity contribution in [2.45, 2.75) is 43.7 Å². The van der Waals surface area contributed by atoms with Crippen LogP contribution in [0.25, 0.3) is 0 Å². The first-order valence-electron chi connectivity index (χ1n) is 11.1. The fraction of sp³-hybridized carbons (Fsp3) is 0.259. The van der Waals surface area contributed by atoms with Gasteiger partial charge in [0.1, 0.15) is 11.9 Å². The van der Waals surface area contributed by atoms with Gasteiger partial charge in [-0.25, -0.2) is 4.39 Å². The van der Waals surface area contributed by atoms with Gasteiger partial charge in [0.25, 0.3) is 5.91 Å². The van der Waals surface area contributed by atoms with Crippen LogP contribution in [-0.2, 0) is 11.2 Å². The Labute approximate surface area is 186 Å². The van der Waals surface area contributed by atoms with Crippen LogP contribution in [0.2, 0.25) is 0 Å². The lowest BCUT2D eigenvalue weighted by atomic mass is 9.96. The molecule has 5 rings (SSSR count). The van der Waals surface area contributed by atoms with Crippen molar-refractivity contribution < 1.29 is 14.0 Å². The molecule has 3 aromatic rings. The summed E-state index contributed by atoms with van der Waals surface area (Å²) in [6.45, 7) is 0. The Balaban J connectivity index is 1.65. The van der Waals surface area contributed by atoms with Crippen LogP contribution < -0.4 is 5.73 Å². The smallest absolute Gasteiger partial charge is 0.255 e. The van der Waals surface area contributed by atoms with E-state index in [9.17, 15) is 14.0 Å². The minimum absolute atomic E-state index is 0.214. The van der Waals surface area contributed by atoms with E-state index in [1.807, 2.05) is 30.3 Å². The Hall–Kier alpha value is -3.47. The van der Waals surface area contributed by atoms with Gasteiger partial charge < -0.3 is 10.6 Å². The lowest BCUT2D eigenvalue weighted by Crippen LogP contribution is -2.43. The van der Waals surface area contributed by atoms with Gasteiger partial charge in [0.05, 0.1) is 6.04 Å². The zero-order valence-corrected chi connectivity index (χ0v) is 17.7. The standard InChI is InChI=1S/C27H25FN2O2/c28-23-16-20(17-11-12-17)15-22-21(23)13-14-24(22)30(27(32)19-9-5-2-6-10-19)25(26(29)31)18-7-3-1-4-8-18/h1-10,15-17,24-25H,11-14H2,(H2,29,31)/t24-,25-/m1/s1. The van der Waals surface area contributed by atoms with E-state index in [0.29, 0.717) is 35.4 Å². The number of carbonyl (C=O) groups excluding carboxylic acids is 2. The molecule has 5 heteroatoms. The number of nitrogens with zero attached hydrogens (tertiary/aromatic N) is 1. The van der Waals surface area contributed by atoms with E-state index in [4.69, 9.17) is 5.73 Å². The molecule has 0 heterocycles. The van der Waals surface area contributed by atoms with Crippen LogP contribution >= 0.6 is 0 Å². The largest absolute Gasteiger partial charge is 0.368 e. The number of nitrogens with two attached hydrogens (primary N) is 1. The Morgan fingerprint density at radius 3 is 2.22 bits per heavy atom. The number of halogens is 1. The third kappa shape index (κ3) is 3.68. The van der Waals surface area contributed by atoms with Crippen LogP contribution in [-0.4, -0.2) is 16.7 Å². The first-order chi connectivity index (χ1) is 15.5. The second-order valence-corrected chi connectivity index (χ2v) is 8.69. The molecule has 162 valence electrons. The van der Waals surface area contributed by atoms with Crippen LogP contribution in [0, 0.1) is 5.82 Å². The topological polar surface area (TPSA) is 63.4 Å². The van der Waals surface area contributed by atoms with Crippen LogP contribution in [0.3, 0.4) is 0 Å². The minimum atomic E-state index is -0.951. The summed E-state index contributed by atoms with van der Waals surface area (Å²) in [7, 11) is 0. The van der Waals surface area contributed by atoms with E-state index in [1.165, 1.54) is 0 Å². The molecule has 0 bridgehead atoms. The van der Waals surface area contributed by atoms with Crippen LogP contribution in [0.4, 0.5) is 4.39 Å². The number of benzene rings is 3. The summed E-state index contributed by atoms with van der Waals surface area (Å²) in [6.07, 6.45) is 3.19. The number of primary amides is 1. The van der Waals surface area contributed by atoms with Gasteiger partial charge in [-0.1, -0.05) is 54.6 Å². The molecule has 2 amide bonds. The summed E-state index contributed by atoms with van der Waals surface area (Å²) < 4.78 is 15.0. The SMILES string of the molecule is NC(=O)[C@@H](c1ccccc1)N(C(=O)c1ccccc1)[C@@H]1CCc2c(F)cc(C3CC3)cc21. The summed E-state index contributed by atoms with van der Waals surface area (Å²) in [5.74, 6) is -0.717. The second-order valence-electron chi connectivity index (χ2n) is 8.69. The predicted octanol–water partition coefficient (Wildman–Crippen LogP) is 5.06. The third-order valence-corrected chi connectivity index (χ3v) is 6.58. The van der Waals surface area contributed by atoms with Gasteiger partial charge in [0, 0.05) is 5.56 Å². The molecule has 2 N–H and O–H groups in total. The molecule has 0 aromatic heterocycles. The number of rotatable bonds is 6. The van der Waals surface area contributed by atoms with Crippen molar-refractivity contribution in [1.29, 1.82) is 0 Å². The summed E-state index contributed by atoms with van der Waals surface area (Å²) in [6, 6.07) is 20.3. The van der Waals surface area contributed by atoms with E-state index in [-0.39, 0.29) is 11.7 Å². The third-order valence-electron chi connectivity index (χ3n) is 6.58. The first-order valence-corrected chi connectivity index (χ1v) is 11.1. The molecule has 2 aliphatic carbocycles. The highest BCUT2D eigenvalue weighted by Crippen LogP contribution is 2.46. The summed E-state index contributed by atoms with van der Waals surface area (Å²) in [5.41, 5.74) is 9.43. The Kier molecular flexibility index (Phi) is 5.25. The van der Waals surface area contributed by atoms with Crippen molar-refractivity contribution >= 4 is 11.8 Å². The lowest BCUT2D eigenvalue weighted by Gasteiger charge is -2.36. The first kappa shape index (κ1) is 20.4. The van der Waals surface area contributed by atoms with Gasteiger partial charge in [-0.2, -0.15) is 0 Å². The molecule has 2 atom stereocenters. The highest BCUT2D eigenvalue weighted by molar-refractivity contribution is 5.98. The van der Waals surface area contributed by atoms with Gasteiger partial charge in [-0.05, 0) is 72.1 Å². The quantitative estimate of drug-likeness (QED) is 0.597. The van der Waals surface area contributed by atoms with Gasteiger partial charge >= 0.3 is 0 Å². The number of carbonyl (C=O) groups is 2. The Bertz CT molecular complexity index is 1160. The van der Waals surface area contributed by atoms with Crippen molar-refractivity contribution in [2.24, 2.45) is 5.73 Å². The fourth-order valence-corrected chi connectivity index (χ4v) is 4.88. The number of fused-ring (bicyclic) bond motifs is 1. The maximum Gasteiger partial charge on any atom is 0.255 e. The highest BCUT2D eigenvalue weighted by atomic mass is 19.1. The molecular formula is C27H25FN2O2. The van der Waals surface area contributed by atoms with Gasteiger partial charge in [-0.15, -0.1) is 0 Å². The van der Waals surface area contributed by atoms with E-state index < -0.39 is 18.0 Å². The normalized spacial score (nSPS) is 18.1.